The van der Waals surface area contributed by atoms with E-state index in [1.807, 2.05) is 0 Å². The number of ether oxygens (including phenoxy) is 1. The van der Waals surface area contributed by atoms with Gasteiger partial charge >= 0.3 is 5.97 Å². The highest BCUT2D eigenvalue weighted by Gasteiger charge is 2.09. The first-order valence-electron chi connectivity index (χ1n) is 3.38. The van der Waals surface area contributed by atoms with Crippen LogP contribution in [-0.2, 0) is 11.3 Å². The van der Waals surface area contributed by atoms with Crippen LogP contribution in [0.25, 0.3) is 0 Å². The Morgan fingerprint density at radius 2 is 2.50 bits per heavy atom. The molecule has 0 bridgehead atoms. The summed E-state index contributed by atoms with van der Waals surface area (Å²) in [7, 11) is 1.30. The first-order valence-corrected chi connectivity index (χ1v) is 3.38. The number of furan rings is 1. The van der Waals surface area contributed by atoms with Gasteiger partial charge in [-0.1, -0.05) is 0 Å². The zero-order chi connectivity index (χ0) is 8.97. The molecule has 5 heteroatoms. The number of hydrogen-bond donors (Lipinski definition) is 2. The standard InChI is InChI=1S/C7H10N2O3/c1-11-7(10)6-3-2-5(12-6)4-9-8/h2-3,9H,4,8H2,1H3. The lowest BCUT2D eigenvalue weighted by Crippen LogP contribution is -2.20. The summed E-state index contributed by atoms with van der Waals surface area (Å²) in [4.78, 5) is 10.9. The van der Waals surface area contributed by atoms with Gasteiger partial charge in [0.15, 0.2) is 0 Å². The summed E-state index contributed by atoms with van der Waals surface area (Å²) in [6.07, 6.45) is 0. The molecule has 66 valence electrons. The van der Waals surface area contributed by atoms with Crippen LogP contribution in [0.1, 0.15) is 16.3 Å². The Hall–Kier alpha value is -1.33. The first-order chi connectivity index (χ1) is 5.77. The van der Waals surface area contributed by atoms with Crippen molar-refractivity contribution < 1.29 is 13.9 Å². The quantitative estimate of drug-likeness (QED) is 0.380. The molecule has 1 aromatic rings. The third-order valence-corrected chi connectivity index (χ3v) is 1.32. The van der Waals surface area contributed by atoms with Gasteiger partial charge in [-0.05, 0) is 12.1 Å². The van der Waals surface area contributed by atoms with Gasteiger partial charge in [-0.25, -0.2) is 4.79 Å². The normalized spacial score (nSPS) is 9.83. The van der Waals surface area contributed by atoms with Gasteiger partial charge in [0.05, 0.1) is 13.7 Å². The van der Waals surface area contributed by atoms with E-state index in [1.54, 1.807) is 12.1 Å². The summed E-state index contributed by atoms with van der Waals surface area (Å²) < 4.78 is 9.50. The smallest absolute Gasteiger partial charge is 0.373 e. The number of hydrazine groups is 1. The molecule has 1 aromatic heterocycles. The highest BCUT2D eigenvalue weighted by atomic mass is 16.5. The molecule has 0 saturated carbocycles. The maximum atomic E-state index is 10.9. The second-order valence-corrected chi connectivity index (χ2v) is 2.14. The van der Waals surface area contributed by atoms with Crippen LogP contribution in [-0.4, -0.2) is 13.1 Å². The van der Waals surface area contributed by atoms with Crippen LogP contribution >= 0.6 is 0 Å². The molecule has 5 nitrogen and oxygen atoms in total. The molecule has 0 saturated heterocycles. The third-order valence-electron chi connectivity index (χ3n) is 1.32. The van der Waals surface area contributed by atoms with Crippen LogP contribution in [0.2, 0.25) is 0 Å². The van der Waals surface area contributed by atoms with Crippen LogP contribution in [0.15, 0.2) is 16.5 Å². The molecule has 0 aliphatic carbocycles. The van der Waals surface area contributed by atoms with Crippen LogP contribution in [0.4, 0.5) is 0 Å². The molecule has 12 heavy (non-hydrogen) atoms. The van der Waals surface area contributed by atoms with Gasteiger partial charge in [-0.15, -0.1) is 0 Å². The number of carbonyl (C=O) groups excluding carboxylic acids is 1. The molecule has 0 amide bonds. The Labute approximate surface area is 69.5 Å². The fourth-order valence-corrected chi connectivity index (χ4v) is 0.784. The molecule has 0 atom stereocenters. The van der Waals surface area contributed by atoms with Crippen molar-refractivity contribution in [2.24, 2.45) is 5.84 Å². The Morgan fingerprint density at radius 3 is 3.08 bits per heavy atom. The molecule has 0 aliphatic heterocycles. The SMILES string of the molecule is COC(=O)c1ccc(CNN)o1. The highest BCUT2D eigenvalue weighted by molar-refractivity contribution is 5.86. The number of esters is 1. The van der Waals surface area contributed by atoms with Crippen LogP contribution < -0.4 is 11.3 Å². The van der Waals surface area contributed by atoms with Gasteiger partial charge in [0.25, 0.3) is 0 Å². The van der Waals surface area contributed by atoms with E-state index in [0.717, 1.165) is 0 Å². The molecule has 0 aromatic carbocycles. The molecule has 0 unspecified atom stereocenters. The maximum Gasteiger partial charge on any atom is 0.373 e. The molecular weight excluding hydrogens is 160 g/mol. The molecule has 1 heterocycles. The number of rotatable bonds is 3. The maximum absolute atomic E-state index is 10.9. The van der Waals surface area contributed by atoms with Crippen LogP contribution in [0.5, 0.6) is 0 Å². The van der Waals surface area contributed by atoms with Crippen molar-refractivity contribution in [1.29, 1.82) is 0 Å². The van der Waals surface area contributed by atoms with E-state index in [-0.39, 0.29) is 5.76 Å². The average Bonchev–Trinajstić information content (AvgIpc) is 2.52. The third kappa shape index (κ3) is 1.84. The number of nitrogens with two attached hydrogens (primary N) is 1. The molecular formula is C7H10N2O3. The fraction of sp³-hybridized carbons (Fsp3) is 0.286. The van der Waals surface area contributed by atoms with Gasteiger partial charge in [-0.3, -0.25) is 11.3 Å². The van der Waals surface area contributed by atoms with E-state index in [4.69, 9.17) is 10.3 Å². The first kappa shape index (κ1) is 8.76. The predicted molar refractivity (Wildman–Crippen MR) is 41.1 cm³/mol. The van der Waals surface area contributed by atoms with Crippen molar-refractivity contribution in [3.63, 3.8) is 0 Å². The van der Waals surface area contributed by atoms with Crippen molar-refractivity contribution in [3.05, 3.63) is 23.7 Å². The number of methoxy groups -OCH3 is 1. The minimum atomic E-state index is -0.488. The van der Waals surface area contributed by atoms with E-state index in [1.165, 1.54) is 7.11 Å². The topological polar surface area (TPSA) is 77.5 Å². The minimum absolute atomic E-state index is 0.183. The molecule has 1 rings (SSSR count). The summed E-state index contributed by atoms with van der Waals surface area (Å²) >= 11 is 0. The van der Waals surface area contributed by atoms with Crippen LogP contribution in [0.3, 0.4) is 0 Å². The Morgan fingerprint density at radius 1 is 1.75 bits per heavy atom. The number of hydrogen-bond acceptors (Lipinski definition) is 5. The highest BCUT2D eigenvalue weighted by Crippen LogP contribution is 2.07. The van der Waals surface area contributed by atoms with Crippen molar-refractivity contribution in [2.75, 3.05) is 7.11 Å². The molecule has 0 radical (unpaired) electrons. The minimum Gasteiger partial charge on any atom is -0.463 e. The Bertz CT molecular complexity index is 269. The van der Waals surface area contributed by atoms with Crippen molar-refractivity contribution >= 4 is 5.97 Å². The second-order valence-electron chi connectivity index (χ2n) is 2.14. The molecule has 0 aliphatic rings. The summed E-state index contributed by atoms with van der Waals surface area (Å²) in [5.41, 5.74) is 2.41. The fourth-order valence-electron chi connectivity index (χ4n) is 0.784. The lowest BCUT2D eigenvalue weighted by molar-refractivity contribution is 0.0563. The summed E-state index contributed by atoms with van der Waals surface area (Å²) in [5, 5.41) is 0. The Balaban J connectivity index is 2.70. The lowest BCUT2D eigenvalue weighted by atomic mass is 10.4. The zero-order valence-electron chi connectivity index (χ0n) is 6.66. The molecule has 0 spiro atoms. The monoisotopic (exact) mass is 170 g/mol. The van der Waals surface area contributed by atoms with E-state index in [0.29, 0.717) is 12.3 Å². The van der Waals surface area contributed by atoms with Gasteiger partial charge in [0.1, 0.15) is 5.76 Å². The van der Waals surface area contributed by atoms with E-state index in [2.05, 4.69) is 10.2 Å². The lowest BCUT2D eigenvalue weighted by Gasteiger charge is -1.94. The largest absolute Gasteiger partial charge is 0.463 e. The Kier molecular flexibility index (Phi) is 2.84. The number of nitrogens with one attached hydrogen (secondary N) is 1. The second kappa shape index (κ2) is 3.89. The molecule has 0 fully saturated rings. The van der Waals surface area contributed by atoms with Crippen molar-refractivity contribution in [2.45, 2.75) is 6.54 Å². The van der Waals surface area contributed by atoms with Gasteiger partial charge in [0.2, 0.25) is 5.76 Å². The van der Waals surface area contributed by atoms with Crippen molar-refractivity contribution in [1.82, 2.24) is 5.43 Å². The van der Waals surface area contributed by atoms with Gasteiger partial charge in [0, 0.05) is 0 Å². The van der Waals surface area contributed by atoms with Gasteiger partial charge < -0.3 is 9.15 Å². The summed E-state index contributed by atoms with van der Waals surface area (Å²) in [5.74, 6) is 5.34. The van der Waals surface area contributed by atoms with Crippen LogP contribution in [0, 0.1) is 0 Å². The summed E-state index contributed by atoms with van der Waals surface area (Å²) in [6.45, 7) is 0.386. The number of carbonyl (C=O) groups is 1. The van der Waals surface area contributed by atoms with E-state index < -0.39 is 5.97 Å². The molecule has 3 N–H and O–H groups in total. The van der Waals surface area contributed by atoms with E-state index in [9.17, 15) is 4.79 Å². The predicted octanol–water partition coefficient (Wildman–Crippen LogP) is 0.0295. The van der Waals surface area contributed by atoms with Gasteiger partial charge in [-0.2, -0.15) is 0 Å². The zero-order valence-corrected chi connectivity index (χ0v) is 6.66. The average molecular weight is 170 g/mol. The van der Waals surface area contributed by atoms with Crippen molar-refractivity contribution in [3.8, 4) is 0 Å². The van der Waals surface area contributed by atoms with E-state index >= 15 is 0 Å². The summed E-state index contributed by atoms with van der Waals surface area (Å²) in [6, 6.07) is 3.20.